The first kappa shape index (κ1) is 20.2. The molecule has 0 amide bonds. The monoisotopic (exact) mass is 348 g/mol. The minimum atomic E-state index is -0.563. The van der Waals surface area contributed by atoms with Gasteiger partial charge in [0.25, 0.3) is 0 Å². The third-order valence-corrected chi connectivity index (χ3v) is 6.35. The van der Waals surface area contributed by atoms with Crippen molar-refractivity contribution in [1.82, 2.24) is 0 Å². The highest BCUT2D eigenvalue weighted by Gasteiger charge is 2.53. The minimum absolute atomic E-state index is 0.0552. The number of carbonyl (C=O) groups excluding carboxylic acids is 1. The first-order chi connectivity index (χ1) is 11.5. The predicted molar refractivity (Wildman–Crippen MR) is 102 cm³/mol. The number of aliphatic hydroxyl groups is 1. The van der Waals surface area contributed by atoms with Crippen molar-refractivity contribution in [2.24, 2.45) is 23.2 Å². The third kappa shape index (κ3) is 4.75. The molecule has 3 heteroatoms. The number of ether oxygens (including phenoxy) is 1. The minimum Gasteiger partial charge on any atom is -0.460 e. The summed E-state index contributed by atoms with van der Waals surface area (Å²) < 4.78 is 5.68. The Morgan fingerprint density at radius 1 is 1.36 bits per heavy atom. The van der Waals surface area contributed by atoms with Gasteiger partial charge in [-0.2, -0.15) is 0 Å². The highest BCUT2D eigenvalue weighted by molar-refractivity contribution is 5.66. The fourth-order valence-corrected chi connectivity index (χ4v) is 5.01. The zero-order chi connectivity index (χ0) is 18.8. The third-order valence-electron chi connectivity index (χ3n) is 6.35. The number of esters is 1. The summed E-state index contributed by atoms with van der Waals surface area (Å²) in [5.41, 5.74) is 0.646. The Hall–Kier alpha value is -1.09. The lowest BCUT2D eigenvalue weighted by Crippen LogP contribution is -2.45. The van der Waals surface area contributed by atoms with Crippen LogP contribution in [0.25, 0.3) is 0 Å². The van der Waals surface area contributed by atoms with Crippen molar-refractivity contribution in [3.63, 3.8) is 0 Å². The summed E-state index contributed by atoms with van der Waals surface area (Å²) >= 11 is 0. The van der Waals surface area contributed by atoms with E-state index in [0.29, 0.717) is 12.3 Å². The van der Waals surface area contributed by atoms with E-state index in [9.17, 15) is 9.90 Å². The largest absolute Gasteiger partial charge is 0.460 e. The van der Waals surface area contributed by atoms with Gasteiger partial charge in [0, 0.05) is 18.8 Å². The van der Waals surface area contributed by atoms with Gasteiger partial charge in [-0.1, -0.05) is 37.6 Å². The van der Waals surface area contributed by atoms with Gasteiger partial charge in [-0.3, -0.25) is 4.79 Å². The zero-order valence-electron chi connectivity index (χ0n) is 16.8. The van der Waals surface area contributed by atoms with E-state index in [1.165, 1.54) is 12.5 Å². The number of fused-ring (bicyclic) bond motifs is 1. The SMILES string of the molecule is CC(=O)OC(C)(C)[C@@H]1CC[C@]2(C)/C=C/[C@@H](C)CC/C=C(\C)C[C@H](O)[C@@H]12. The van der Waals surface area contributed by atoms with Crippen LogP contribution < -0.4 is 0 Å². The molecule has 0 aromatic carbocycles. The average molecular weight is 349 g/mol. The molecule has 0 aromatic rings. The lowest BCUT2D eigenvalue weighted by molar-refractivity contribution is -0.163. The average Bonchev–Trinajstić information content (AvgIpc) is 2.82. The van der Waals surface area contributed by atoms with Crippen LogP contribution in [0.2, 0.25) is 0 Å². The molecule has 3 nitrogen and oxygen atoms in total. The zero-order valence-corrected chi connectivity index (χ0v) is 16.8. The van der Waals surface area contributed by atoms with Crippen LogP contribution in [0.4, 0.5) is 0 Å². The molecule has 1 N–H and O–H groups in total. The molecule has 0 unspecified atom stereocenters. The predicted octanol–water partition coefficient (Wildman–Crippen LogP) is 5.04. The molecule has 1 saturated carbocycles. The standard InChI is InChI=1S/C22H36O3/c1-15-8-7-9-16(2)14-19(24)20-18(21(4,5)25-17(3)23)11-13-22(20,6)12-10-15/h9-10,12,15,18-20,24H,7-8,11,13-14H2,1-6H3/b12-10+,16-9+/t15-,18+,19-,20+,22-/m0/s1. The second-order valence-electron chi connectivity index (χ2n) is 9.11. The molecule has 0 bridgehead atoms. The molecule has 0 aromatic heterocycles. The van der Waals surface area contributed by atoms with E-state index in [-0.39, 0.29) is 23.2 Å². The van der Waals surface area contributed by atoms with Gasteiger partial charge in [-0.25, -0.2) is 0 Å². The molecule has 0 aliphatic heterocycles. The Balaban J connectivity index is 2.40. The molecule has 2 rings (SSSR count). The summed E-state index contributed by atoms with van der Waals surface area (Å²) in [5, 5.41) is 11.1. The van der Waals surface area contributed by atoms with Crippen LogP contribution >= 0.6 is 0 Å². The normalized spacial score (nSPS) is 40.4. The van der Waals surface area contributed by atoms with E-state index in [0.717, 1.165) is 25.7 Å². The number of hydrogen-bond acceptors (Lipinski definition) is 3. The summed E-state index contributed by atoms with van der Waals surface area (Å²) in [7, 11) is 0. The smallest absolute Gasteiger partial charge is 0.303 e. The Bertz CT molecular complexity index is 545. The fraction of sp³-hybridized carbons (Fsp3) is 0.773. The summed E-state index contributed by atoms with van der Waals surface area (Å²) in [4.78, 5) is 11.6. The summed E-state index contributed by atoms with van der Waals surface area (Å²) in [6, 6.07) is 0. The van der Waals surface area contributed by atoms with Gasteiger partial charge in [-0.15, -0.1) is 0 Å². The van der Waals surface area contributed by atoms with E-state index < -0.39 is 11.7 Å². The van der Waals surface area contributed by atoms with E-state index in [1.807, 2.05) is 13.8 Å². The summed E-state index contributed by atoms with van der Waals surface area (Å²) in [6.07, 6.45) is 11.4. The molecule has 25 heavy (non-hydrogen) atoms. The Kier molecular flexibility index (Phi) is 6.19. The topological polar surface area (TPSA) is 46.5 Å². The van der Waals surface area contributed by atoms with Crippen LogP contribution in [0.3, 0.4) is 0 Å². The van der Waals surface area contributed by atoms with Crippen LogP contribution in [0.1, 0.15) is 73.6 Å². The molecule has 0 radical (unpaired) electrons. The molecule has 1 fully saturated rings. The van der Waals surface area contributed by atoms with E-state index in [2.05, 4.69) is 39.0 Å². The van der Waals surface area contributed by atoms with Crippen molar-refractivity contribution in [2.45, 2.75) is 85.4 Å². The van der Waals surface area contributed by atoms with Crippen molar-refractivity contribution in [2.75, 3.05) is 0 Å². The van der Waals surface area contributed by atoms with Crippen LogP contribution in [0.15, 0.2) is 23.8 Å². The molecule has 5 atom stereocenters. The molecule has 0 heterocycles. The van der Waals surface area contributed by atoms with E-state index in [1.54, 1.807) is 0 Å². The van der Waals surface area contributed by atoms with Gasteiger partial charge in [0.1, 0.15) is 5.60 Å². The Morgan fingerprint density at radius 2 is 2.04 bits per heavy atom. The molecular formula is C22H36O3. The van der Waals surface area contributed by atoms with E-state index >= 15 is 0 Å². The quantitative estimate of drug-likeness (QED) is 0.561. The van der Waals surface area contributed by atoms with Gasteiger partial charge < -0.3 is 9.84 Å². The highest BCUT2D eigenvalue weighted by atomic mass is 16.6. The van der Waals surface area contributed by atoms with Crippen molar-refractivity contribution < 1.29 is 14.6 Å². The van der Waals surface area contributed by atoms with Crippen LogP contribution in [0.5, 0.6) is 0 Å². The van der Waals surface area contributed by atoms with Crippen LogP contribution in [0, 0.1) is 23.2 Å². The van der Waals surface area contributed by atoms with Gasteiger partial charge in [0.15, 0.2) is 0 Å². The Morgan fingerprint density at radius 3 is 2.68 bits per heavy atom. The van der Waals surface area contributed by atoms with Crippen molar-refractivity contribution >= 4 is 5.97 Å². The number of carbonyl (C=O) groups is 1. The molecule has 0 spiro atoms. The number of hydrogen-bond donors (Lipinski definition) is 1. The molecule has 2 aliphatic carbocycles. The van der Waals surface area contributed by atoms with Crippen molar-refractivity contribution in [1.29, 1.82) is 0 Å². The molecule has 0 saturated heterocycles. The molecule has 2 aliphatic rings. The second-order valence-corrected chi connectivity index (χ2v) is 9.11. The lowest BCUT2D eigenvalue weighted by Gasteiger charge is -2.41. The van der Waals surface area contributed by atoms with Crippen molar-refractivity contribution in [3.05, 3.63) is 23.8 Å². The van der Waals surface area contributed by atoms with Gasteiger partial charge >= 0.3 is 5.97 Å². The highest BCUT2D eigenvalue weighted by Crippen LogP contribution is 2.54. The molecule has 142 valence electrons. The number of aliphatic hydroxyl groups excluding tert-OH is 1. The maximum absolute atomic E-state index is 11.6. The van der Waals surface area contributed by atoms with Crippen LogP contribution in [-0.2, 0) is 9.53 Å². The number of allylic oxidation sites excluding steroid dienone is 3. The summed E-state index contributed by atoms with van der Waals surface area (Å²) in [5.74, 6) is 0.541. The first-order valence-corrected chi connectivity index (χ1v) is 9.78. The maximum Gasteiger partial charge on any atom is 0.303 e. The summed E-state index contributed by atoms with van der Waals surface area (Å²) in [6.45, 7) is 12.1. The lowest BCUT2D eigenvalue weighted by atomic mass is 9.68. The molecular weight excluding hydrogens is 312 g/mol. The fourth-order valence-electron chi connectivity index (χ4n) is 5.01. The Labute approximate surface area is 153 Å². The van der Waals surface area contributed by atoms with Crippen LogP contribution in [-0.4, -0.2) is 22.8 Å². The second kappa shape index (κ2) is 7.65. The van der Waals surface area contributed by atoms with Crippen molar-refractivity contribution in [3.8, 4) is 0 Å². The van der Waals surface area contributed by atoms with Gasteiger partial charge in [0.2, 0.25) is 0 Å². The van der Waals surface area contributed by atoms with E-state index in [4.69, 9.17) is 4.74 Å². The van der Waals surface area contributed by atoms with Gasteiger partial charge in [-0.05, 0) is 64.2 Å². The number of rotatable bonds is 2. The maximum atomic E-state index is 11.6. The first-order valence-electron chi connectivity index (χ1n) is 9.78. The van der Waals surface area contributed by atoms with Gasteiger partial charge in [0.05, 0.1) is 6.10 Å².